The smallest absolute Gasteiger partial charge is 0.323 e. The minimum Gasteiger partial charge on any atom is -0.465 e. The summed E-state index contributed by atoms with van der Waals surface area (Å²) in [4.78, 5) is 29.9. The summed E-state index contributed by atoms with van der Waals surface area (Å²) in [6.07, 6.45) is 9.79. The molecule has 5 heteroatoms. The Labute approximate surface area is 150 Å². The van der Waals surface area contributed by atoms with Crippen LogP contribution in [-0.4, -0.2) is 30.1 Å². The van der Waals surface area contributed by atoms with Crippen LogP contribution in [0.4, 0.5) is 0 Å². The summed E-state index contributed by atoms with van der Waals surface area (Å²) >= 11 is 0. The van der Waals surface area contributed by atoms with Gasteiger partial charge in [-0.1, -0.05) is 32.1 Å². The van der Waals surface area contributed by atoms with Gasteiger partial charge < -0.3 is 9.47 Å². The van der Waals surface area contributed by atoms with Crippen molar-refractivity contribution >= 4 is 11.9 Å². The zero-order valence-electron chi connectivity index (χ0n) is 15.3. The monoisotopic (exact) mass is 347 g/mol. The highest BCUT2D eigenvalue weighted by molar-refractivity contribution is 6.00. The first-order valence-electron chi connectivity index (χ1n) is 9.35. The Morgan fingerprint density at radius 2 is 1.60 bits per heavy atom. The maximum atomic E-state index is 12.9. The Morgan fingerprint density at radius 1 is 1.04 bits per heavy atom. The molecule has 0 N–H and O–H groups in total. The Balaban J connectivity index is 2.35. The van der Waals surface area contributed by atoms with E-state index in [1.54, 1.807) is 26.2 Å². The molecular weight excluding hydrogens is 318 g/mol. The van der Waals surface area contributed by atoms with Gasteiger partial charge in [-0.25, -0.2) is 0 Å². The van der Waals surface area contributed by atoms with E-state index in [9.17, 15) is 9.59 Å². The van der Waals surface area contributed by atoms with Gasteiger partial charge in [0.25, 0.3) is 0 Å². The molecule has 1 aromatic rings. The molecule has 0 unspecified atom stereocenters. The number of esters is 2. The van der Waals surface area contributed by atoms with Gasteiger partial charge in [0.15, 0.2) is 5.41 Å². The van der Waals surface area contributed by atoms with Crippen molar-refractivity contribution in [3.8, 4) is 0 Å². The molecular formula is C20H29NO4. The molecule has 0 spiro atoms. The van der Waals surface area contributed by atoms with E-state index >= 15 is 0 Å². The molecule has 1 saturated carbocycles. The molecule has 138 valence electrons. The minimum atomic E-state index is -1.27. The van der Waals surface area contributed by atoms with Crippen LogP contribution in [0.5, 0.6) is 0 Å². The lowest BCUT2D eigenvalue weighted by Gasteiger charge is -2.34. The third-order valence-corrected chi connectivity index (χ3v) is 4.95. The second-order valence-corrected chi connectivity index (χ2v) is 6.76. The Hall–Kier alpha value is -1.91. The van der Waals surface area contributed by atoms with E-state index in [1.165, 1.54) is 6.42 Å². The fourth-order valence-electron chi connectivity index (χ4n) is 3.74. The molecule has 1 aliphatic rings. The minimum absolute atomic E-state index is 0.251. The summed E-state index contributed by atoms with van der Waals surface area (Å²) in [5, 5.41) is 0. The number of hydrogen-bond donors (Lipinski definition) is 0. The predicted octanol–water partition coefficient (Wildman–Crippen LogP) is 3.71. The standard InChI is InChI=1S/C20H29NO4/c1-3-24-18(22)20(19(23)25-4-2,14-16-8-6-5-7-9-16)15-17-10-12-21-13-11-17/h10-13,16H,3-9,14-15H2,1-2H3. The highest BCUT2D eigenvalue weighted by Crippen LogP contribution is 2.39. The average molecular weight is 347 g/mol. The zero-order valence-corrected chi connectivity index (χ0v) is 15.3. The van der Waals surface area contributed by atoms with Crippen molar-refractivity contribution < 1.29 is 19.1 Å². The second-order valence-electron chi connectivity index (χ2n) is 6.76. The molecule has 2 rings (SSSR count). The maximum absolute atomic E-state index is 12.9. The number of aromatic nitrogens is 1. The maximum Gasteiger partial charge on any atom is 0.323 e. The number of hydrogen-bond acceptors (Lipinski definition) is 5. The van der Waals surface area contributed by atoms with Gasteiger partial charge in [0.1, 0.15) is 0 Å². The van der Waals surface area contributed by atoms with Crippen LogP contribution in [0.15, 0.2) is 24.5 Å². The summed E-state index contributed by atoms with van der Waals surface area (Å²) in [5.74, 6) is -0.573. The Morgan fingerprint density at radius 3 is 2.12 bits per heavy atom. The van der Waals surface area contributed by atoms with Gasteiger partial charge in [0.05, 0.1) is 13.2 Å². The van der Waals surface area contributed by atoms with Crippen LogP contribution in [0.1, 0.15) is 57.9 Å². The molecule has 25 heavy (non-hydrogen) atoms. The number of pyridine rings is 1. The zero-order chi connectivity index (χ0) is 18.1. The van der Waals surface area contributed by atoms with Gasteiger partial charge in [-0.2, -0.15) is 0 Å². The molecule has 1 heterocycles. The molecule has 1 aromatic heterocycles. The summed E-state index contributed by atoms with van der Waals surface area (Å²) in [7, 11) is 0. The summed E-state index contributed by atoms with van der Waals surface area (Å²) < 4.78 is 10.7. The quantitative estimate of drug-likeness (QED) is 0.530. The highest BCUT2D eigenvalue weighted by Gasteiger charge is 2.50. The van der Waals surface area contributed by atoms with Gasteiger partial charge in [0, 0.05) is 12.4 Å². The summed E-state index contributed by atoms with van der Waals surface area (Å²) in [6.45, 7) is 4.03. The van der Waals surface area contributed by atoms with Crippen LogP contribution in [0.2, 0.25) is 0 Å². The summed E-state index contributed by atoms with van der Waals surface area (Å²) in [5.41, 5.74) is -0.373. The van der Waals surface area contributed by atoms with E-state index in [0.29, 0.717) is 18.8 Å². The molecule has 0 aliphatic heterocycles. The third kappa shape index (κ3) is 5.03. The van der Waals surface area contributed by atoms with Crippen molar-refractivity contribution in [2.24, 2.45) is 11.3 Å². The van der Waals surface area contributed by atoms with Gasteiger partial charge in [0.2, 0.25) is 0 Å². The van der Waals surface area contributed by atoms with Gasteiger partial charge in [-0.15, -0.1) is 0 Å². The fourth-order valence-corrected chi connectivity index (χ4v) is 3.74. The predicted molar refractivity (Wildman–Crippen MR) is 94.8 cm³/mol. The highest BCUT2D eigenvalue weighted by atomic mass is 16.6. The van der Waals surface area contributed by atoms with Crippen molar-refractivity contribution in [2.45, 2.75) is 58.8 Å². The van der Waals surface area contributed by atoms with Crippen LogP contribution in [-0.2, 0) is 25.5 Å². The molecule has 0 saturated heterocycles. The second kappa shape index (κ2) is 9.54. The third-order valence-electron chi connectivity index (χ3n) is 4.95. The van der Waals surface area contributed by atoms with Crippen molar-refractivity contribution in [1.82, 2.24) is 4.98 Å². The normalized spacial score (nSPS) is 15.6. The molecule has 5 nitrogen and oxygen atoms in total. The molecule has 0 aromatic carbocycles. The van der Waals surface area contributed by atoms with E-state index in [0.717, 1.165) is 31.2 Å². The Kier molecular flexibility index (Phi) is 7.41. The number of nitrogens with zero attached hydrogens (tertiary/aromatic N) is 1. The van der Waals surface area contributed by atoms with Crippen LogP contribution in [0.3, 0.4) is 0 Å². The van der Waals surface area contributed by atoms with Gasteiger partial charge >= 0.3 is 11.9 Å². The first-order valence-corrected chi connectivity index (χ1v) is 9.35. The van der Waals surface area contributed by atoms with Crippen LogP contribution < -0.4 is 0 Å². The first kappa shape index (κ1) is 19.4. The SMILES string of the molecule is CCOC(=O)C(Cc1ccncc1)(CC1CCCCC1)C(=O)OCC. The number of ether oxygens (including phenoxy) is 2. The van der Waals surface area contributed by atoms with Crippen LogP contribution in [0.25, 0.3) is 0 Å². The van der Waals surface area contributed by atoms with Crippen molar-refractivity contribution in [2.75, 3.05) is 13.2 Å². The molecule has 0 amide bonds. The average Bonchev–Trinajstić information content (AvgIpc) is 2.63. The largest absolute Gasteiger partial charge is 0.465 e. The number of carbonyl (C=O) groups is 2. The van der Waals surface area contributed by atoms with Crippen LogP contribution >= 0.6 is 0 Å². The lowest BCUT2D eigenvalue weighted by Crippen LogP contribution is -2.45. The van der Waals surface area contributed by atoms with E-state index in [4.69, 9.17) is 9.47 Å². The van der Waals surface area contributed by atoms with Gasteiger partial charge in [-0.05, 0) is 50.3 Å². The first-order chi connectivity index (χ1) is 12.1. The number of rotatable bonds is 8. The van der Waals surface area contributed by atoms with E-state index in [1.807, 2.05) is 12.1 Å². The molecule has 1 aliphatic carbocycles. The van der Waals surface area contributed by atoms with Crippen molar-refractivity contribution in [3.63, 3.8) is 0 Å². The van der Waals surface area contributed by atoms with E-state index in [2.05, 4.69) is 4.98 Å². The van der Waals surface area contributed by atoms with Gasteiger partial charge in [-0.3, -0.25) is 14.6 Å². The molecule has 0 atom stereocenters. The van der Waals surface area contributed by atoms with Crippen molar-refractivity contribution in [1.29, 1.82) is 0 Å². The number of carbonyl (C=O) groups excluding carboxylic acids is 2. The molecule has 0 bridgehead atoms. The molecule has 0 radical (unpaired) electrons. The summed E-state index contributed by atoms with van der Waals surface area (Å²) in [6, 6.07) is 3.68. The van der Waals surface area contributed by atoms with E-state index < -0.39 is 17.4 Å². The Bertz CT molecular complexity index is 534. The van der Waals surface area contributed by atoms with E-state index in [-0.39, 0.29) is 13.2 Å². The fraction of sp³-hybridized carbons (Fsp3) is 0.650. The lowest BCUT2D eigenvalue weighted by molar-refractivity contribution is -0.174. The molecule has 1 fully saturated rings. The van der Waals surface area contributed by atoms with Crippen molar-refractivity contribution in [3.05, 3.63) is 30.1 Å². The lowest BCUT2D eigenvalue weighted by atomic mass is 9.71. The topological polar surface area (TPSA) is 65.5 Å². The van der Waals surface area contributed by atoms with Crippen LogP contribution in [0, 0.1) is 11.3 Å².